The van der Waals surface area contributed by atoms with Crippen molar-refractivity contribution in [1.29, 1.82) is 0 Å². The fraction of sp³-hybridized carbons (Fsp3) is 0.385. The number of hydrogen-bond acceptors (Lipinski definition) is 8. The molecule has 0 spiro atoms. The molecule has 0 amide bonds. The predicted octanol–water partition coefficient (Wildman–Crippen LogP) is 2.74. The summed E-state index contributed by atoms with van der Waals surface area (Å²) in [5.74, 6) is 8.47. The van der Waals surface area contributed by atoms with E-state index in [1.807, 2.05) is 17.5 Å². The molecular weight excluding hydrogens is 320 g/mol. The Morgan fingerprint density at radius 3 is 3.09 bits per heavy atom. The molecule has 0 saturated heterocycles. The van der Waals surface area contributed by atoms with Gasteiger partial charge in [-0.3, -0.25) is 0 Å². The maximum Gasteiger partial charge on any atom is 0.237 e. The normalized spacial score (nSPS) is 11.1. The predicted molar refractivity (Wildman–Crippen MR) is 86.0 cm³/mol. The Bertz CT molecular complexity index is 721. The fourth-order valence-electron chi connectivity index (χ4n) is 1.86. The molecule has 0 fully saturated rings. The molecule has 0 aliphatic heterocycles. The monoisotopic (exact) mass is 336 g/mol. The minimum absolute atomic E-state index is 0.515. The molecule has 0 saturated carbocycles. The Kier molecular flexibility index (Phi) is 4.74. The number of unbranched alkanes of at least 4 members (excludes halogenated alkanes) is 1. The van der Waals surface area contributed by atoms with Crippen molar-refractivity contribution in [3.05, 3.63) is 29.2 Å². The Labute approximate surface area is 135 Å². The van der Waals surface area contributed by atoms with Gasteiger partial charge in [-0.2, -0.15) is 4.98 Å². The SMILES string of the molecule is CCCCc1nnc(SCc2nc(-c3cccs3)no2)n1N. The van der Waals surface area contributed by atoms with Crippen LogP contribution in [0.4, 0.5) is 0 Å². The molecule has 7 nitrogen and oxygen atoms in total. The minimum Gasteiger partial charge on any atom is -0.338 e. The average molecular weight is 336 g/mol. The molecular formula is C13H16N6OS2. The van der Waals surface area contributed by atoms with Gasteiger partial charge in [0.2, 0.25) is 16.9 Å². The zero-order valence-electron chi connectivity index (χ0n) is 12.1. The van der Waals surface area contributed by atoms with Gasteiger partial charge in [0.15, 0.2) is 5.82 Å². The Morgan fingerprint density at radius 2 is 2.32 bits per heavy atom. The van der Waals surface area contributed by atoms with E-state index in [-0.39, 0.29) is 0 Å². The number of thioether (sulfide) groups is 1. The second-order valence-electron chi connectivity index (χ2n) is 4.65. The maximum absolute atomic E-state index is 6.00. The summed E-state index contributed by atoms with van der Waals surface area (Å²) in [6, 6.07) is 3.92. The van der Waals surface area contributed by atoms with E-state index in [0.717, 1.165) is 30.0 Å². The molecule has 3 heterocycles. The third kappa shape index (κ3) is 3.30. The molecule has 116 valence electrons. The van der Waals surface area contributed by atoms with Crippen LogP contribution in [0.3, 0.4) is 0 Å². The van der Waals surface area contributed by atoms with E-state index in [0.29, 0.717) is 22.6 Å². The first-order valence-electron chi connectivity index (χ1n) is 6.96. The highest BCUT2D eigenvalue weighted by Crippen LogP contribution is 2.24. The standard InChI is InChI=1S/C13H16N6OS2/c1-2-3-6-10-16-17-13(19(10)14)22-8-11-15-12(18-20-11)9-5-4-7-21-9/h4-5,7H,2-3,6,8,14H2,1H3. The van der Waals surface area contributed by atoms with Crippen molar-refractivity contribution in [3.8, 4) is 10.7 Å². The Hall–Kier alpha value is -1.87. The van der Waals surface area contributed by atoms with Crippen molar-refractivity contribution >= 4 is 23.1 Å². The third-order valence-electron chi connectivity index (χ3n) is 3.02. The zero-order chi connectivity index (χ0) is 15.4. The quantitative estimate of drug-likeness (QED) is 0.523. The first-order chi connectivity index (χ1) is 10.8. The molecule has 9 heteroatoms. The van der Waals surface area contributed by atoms with Crippen LogP contribution in [0.15, 0.2) is 27.2 Å². The fourth-order valence-corrected chi connectivity index (χ4v) is 3.22. The summed E-state index contributed by atoms with van der Waals surface area (Å²) in [4.78, 5) is 5.36. The highest BCUT2D eigenvalue weighted by molar-refractivity contribution is 7.98. The van der Waals surface area contributed by atoms with Gasteiger partial charge >= 0.3 is 0 Å². The first kappa shape index (κ1) is 15.0. The highest BCUT2D eigenvalue weighted by atomic mass is 32.2. The van der Waals surface area contributed by atoms with Crippen molar-refractivity contribution < 1.29 is 4.52 Å². The van der Waals surface area contributed by atoms with Crippen molar-refractivity contribution in [2.45, 2.75) is 37.1 Å². The second-order valence-corrected chi connectivity index (χ2v) is 6.54. The summed E-state index contributed by atoms with van der Waals surface area (Å²) in [5, 5.41) is 14.8. The van der Waals surface area contributed by atoms with E-state index in [1.165, 1.54) is 16.4 Å². The molecule has 3 rings (SSSR count). The number of nitrogen functional groups attached to an aromatic ring is 1. The third-order valence-corrected chi connectivity index (χ3v) is 4.82. The summed E-state index contributed by atoms with van der Waals surface area (Å²) in [5.41, 5.74) is 0. The molecule has 3 aromatic rings. The maximum atomic E-state index is 6.00. The Morgan fingerprint density at radius 1 is 1.41 bits per heavy atom. The molecule has 3 aromatic heterocycles. The van der Waals surface area contributed by atoms with E-state index in [9.17, 15) is 0 Å². The molecule has 0 unspecified atom stereocenters. The van der Waals surface area contributed by atoms with Crippen LogP contribution in [0, 0.1) is 0 Å². The molecule has 22 heavy (non-hydrogen) atoms. The second kappa shape index (κ2) is 6.93. The smallest absolute Gasteiger partial charge is 0.237 e. The minimum atomic E-state index is 0.515. The van der Waals surface area contributed by atoms with Crippen LogP contribution in [0.5, 0.6) is 0 Å². The van der Waals surface area contributed by atoms with E-state index in [2.05, 4.69) is 27.3 Å². The first-order valence-corrected chi connectivity index (χ1v) is 8.83. The number of rotatable bonds is 7. The molecule has 0 aliphatic rings. The number of nitrogens with two attached hydrogens (primary N) is 1. The van der Waals surface area contributed by atoms with Crippen molar-refractivity contribution in [2.75, 3.05) is 5.84 Å². The Balaban J connectivity index is 1.62. The lowest BCUT2D eigenvalue weighted by Gasteiger charge is -2.01. The van der Waals surface area contributed by atoms with Crippen molar-refractivity contribution in [3.63, 3.8) is 0 Å². The van der Waals surface area contributed by atoms with Crippen LogP contribution in [0.25, 0.3) is 10.7 Å². The molecule has 0 radical (unpaired) electrons. The van der Waals surface area contributed by atoms with E-state index in [1.54, 1.807) is 11.3 Å². The zero-order valence-corrected chi connectivity index (χ0v) is 13.7. The number of aromatic nitrogens is 5. The number of hydrogen-bond donors (Lipinski definition) is 1. The summed E-state index contributed by atoms with van der Waals surface area (Å²) >= 11 is 3.02. The van der Waals surface area contributed by atoms with Gasteiger partial charge in [-0.05, 0) is 17.9 Å². The molecule has 2 N–H and O–H groups in total. The summed E-state index contributed by atoms with van der Waals surface area (Å²) in [6.07, 6.45) is 2.99. The lowest BCUT2D eigenvalue weighted by Crippen LogP contribution is -2.14. The summed E-state index contributed by atoms with van der Waals surface area (Å²) in [6.45, 7) is 2.13. The average Bonchev–Trinajstić information content (AvgIpc) is 3.25. The van der Waals surface area contributed by atoms with Gasteiger partial charge in [0, 0.05) is 6.42 Å². The van der Waals surface area contributed by atoms with Crippen LogP contribution < -0.4 is 5.84 Å². The van der Waals surface area contributed by atoms with Gasteiger partial charge in [-0.1, -0.05) is 36.3 Å². The van der Waals surface area contributed by atoms with Gasteiger partial charge < -0.3 is 10.4 Å². The summed E-state index contributed by atoms with van der Waals surface area (Å²) < 4.78 is 6.79. The van der Waals surface area contributed by atoms with Crippen molar-refractivity contribution in [1.82, 2.24) is 25.0 Å². The highest BCUT2D eigenvalue weighted by Gasteiger charge is 2.13. The van der Waals surface area contributed by atoms with Crippen LogP contribution in [-0.4, -0.2) is 25.0 Å². The van der Waals surface area contributed by atoms with E-state index < -0.39 is 0 Å². The lowest BCUT2D eigenvalue weighted by atomic mass is 10.2. The molecule has 0 aromatic carbocycles. The largest absolute Gasteiger partial charge is 0.338 e. The van der Waals surface area contributed by atoms with E-state index in [4.69, 9.17) is 10.4 Å². The molecule has 0 aliphatic carbocycles. The van der Waals surface area contributed by atoms with Crippen LogP contribution in [0.1, 0.15) is 31.5 Å². The lowest BCUT2D eigenvalue weighted by molar-refractivity contribution is 0.391. The van der Waals surface area contributed by atoms with Gasteiger partial charge in [0.25, 0.3) is 0 Å². The van der Waals surface area contributed by atoms with Crippen molar-refractivity contribution in [2.24, 2.45) is 0 Å². The van der Waals surface area contributed by atoms with Gasteiger partial charge in [0.1, 0.15) is 0 Å². The van der Waals surface area contributed by atoms with Crippen LogP contribution >= 0.6 is 23.1 Å². The van der Waals surface area contributed by atoms with Crippen LogP contribution in [-0.2, 0) is 12.2 Å². The van der Waals surface area contributed by atoms with Gasteiger partial charge in [-0.15, -0.1) is 21.5 Å². The topological polar surface area (TPSA) is 95.6 Å². The van der Waals surface area contributed by atoms with E-state index >= 15 is 0 Å². The van der Waals surface area contributed by atoms with Crippen LogP contribution in [0.2, 0.25) is 0 Å². The summed E-state index contributed by atoms with van der Waals surface area (Å²) in [7, 11) is 0. The molecule has 0 bridgehead atoms. The van der Waals surface area contributed by atoms with Gasteiger partial charge in [-0.25, -0.2) is 4.68 Å². The number of aryl methyl sites for hydroxylation is 1. The number of nitrogens with zero attached hydrogens (tertiary/aromatic N) is 5. The number of thiophene rings is 1. The molecule has 0 atom stereocenters. The van der Waals surface area contributed by atoms with Gasteiger partial charge in [0.05, 0.1) is 10.6 Å².